The summed E-state index contributed by atoms with van der Waals surface area (Å²) < 4.78 is 0. The third-order valence-electron chi connectivity index (χ3n) is 3.29. The highest BCUT2D eigenvalue weighted by molar-refractivity contribution is 7.09. The van der Waals surface area contributed by atoms with E-state index in [-0.39, 0.29) is 11.6 Å². The molecule has 0 atom stereocenters. The maximum Gasteiger partial charge on any atom is 0.271 e. The second-order valence-electron chi connectivity index (χ2n) is 5.05. The van der Waals surface area contributed by atoms with Gasteiger partial charge in [-0.1, -0.05) is 0 Å². The number of aryl methyl sites for hydroxylation is 1. The van der Waals surface area contributed by atoms with Crippen LogP contribution in [0.4, 0.5) is 5.82 Å². The molecular weight excluding hydrogens is 324 g/mol. The molecule has 1 amide bonds. The zero-order valence-electron chi connectivity index (χ0n) is 12.8. The molecule has 3 N–H and O–H groups in total. The summed E-state index contributed by atoms with van der Waals surface area (Å²) in [4.78, 5) is 28.3. The number of hydrogen-bond acceptors (Lipinski definition) is 7. The number of thiazole rings is 1. The van der Waals surface area contributed by atoms with Crippen LogP contribution in [0.3, 0.4) is 0 Å². The van der Waals surface area contributed by atoms with Gasteiger partial charge in [-0.15, -0.1) is 11.3 Å². The first-order valence-corrected chi connectivity index (χ1v) is 8.31. The molecular formula is C16H16N6OS. The Morgan fingerprint density at radius 2 is 2.04 bits per heavy atom. The summed E-state index contributed by atoms with van der Waals surface area (Å²) >= 11 is 1.62. The van der Waals surface area contributed by atoms with Gasteiger partial charge in [-0.2, -0.15) is 0 Å². The number of hydrogen-bond donors (Lipinski definition) is 2. The molecule has 0 aliphatic rings. The first kappa shape index (κ1) is 16.0. The second-order valence-corrected chi connectivity index (χ2v) is 5.99. The molecule has 3 aromatic heterocycles. The number of carbonyl (C=O) groups is 1. The predicted molar refractivity (Wildman–Crippen MR) is 92.4 cm³/mol. The van der Waals surface area contributed by atoms with Crippen LogP contribution in [0.2, 0.25) is 0 Å². The van der Waals surface area contributed by atoms with Gasteiger partial charge in [-0.25, -0.2) is 15.0 Å². The van der Waals surface area contributed by atoms with E-state index in [1.165, 1.54) is 12.4 Å². The highest BCUT2D eigenvalue weighted by atomic mass is 32.1. The smallest absolute Gasteiger partial charge is 0.271 e. The maximum absolute atomic E-state index is 11.9. The minimum absolute atomic E-state index is 0.251. The summed E-state index contributed by atoms with van der Waals surface area (Å²) in [5.74, 6) is 0.0411. The third kappa shape index (κ3) is 4.11. The normalized spacial score (nSPS) is 10.5. The zero-order chi connectivity index (χ0) is 16.8. The Hall–Kier alpha value is -2.87. The molecule has 0 saturated heterocycles. The molecule has 7 nitrogen and oxygen atoms in total. The topological polar surface area (TPSA) is 107 Å². The van der Waals surface area contributed by atoms with Crippen LogP contribution in [0.1, 0.15) is 21.9 Å². The van der Waals surface area contributed by atoms with E-state index in [0.29, 0.717) is 12.4 Å². The van der Waals surface area contributed by atoms with E-state index in [2.05, 4.69) is 25.3 Å². The van der Waals surface area contributed by atoms with Gasteiger partial charge in [0.1, 0.15) is 11.5 Å². The molecule has 0 radical (unpaired) electrons. The van der Waals surface area contributed by atoms with E-state index >= 15 is 0 Å². The van der Waals surface area contributed by atoms with Gasteiger partial charge >= 0.3 is 0 Å². The fourth-order valence-corrected chi connectivity index (χ4v) is 2.92. The van der Waals surface area contributed by atoms with Gasteiger partial charge in [0.05, 0.1) is 23.1 Å². The average Bonchev–Trinajstić information content (AvgIpc) is 3.09. The molecule has 0 bridgehead atoms. The van der Waals surface area contributed by atoms with Crippen molar-refractivity contribution in [1.82, 2.24) is 25.3 Å². The van der Waals surface area contributed by atoms with Crippen LogP contribution in [-0.4, -0.2) is 32.4 Å². The monoisotopic (exact) mass is 340 g/mol. The van der Waals surface area contributed by atoms with Crippen molar-refractivity contribution in [3.8, 4) is 11.3 Å². The highest BCUT2D eigenvalue weighted by Crippen LogP contribution is 2.21. The number of anilines is 1. The van der Waals surface area contributed by atoms with Crippen LogP contribution < -0.4 is 11.1 Å². The molecule has 3 aromatic rings. The number of nitrogens with one attached hydrogen (secondary N) is 1. The SMILES string of the molecule is Nc1cnc(C(=O)NCCCc2nc(-c3ccncc3)cs2)cn1. The van der Waals surface area contributed by atoms with Crippen molar-refractivity contribution in [3.05, 3.63) is 53.0 Å². The summed E-state index contributed by atoms with van der Waals surface area (Å²) in [7, 11) is 0. The van der Waals surface area contributed by atoms with Crippen molar-refractivity contribution in [2.75, 3.05) is 12.3 Å². The van der Waals surface area contributed by atoms with Crippen molar-refractivity contribution < 1.29 is 4.79 Å². The minimum atomic E-state index is -0.251. The van der Waals surface area contributed by atoms with Gasteiger partial charge in [0.15, 0.2) is 0 Å². The summed E-state index contributed by atoms with van der Waals surface area (Å²) in [5.41, 5.74) is 7.72. The maximum atomic E-state index is 11.9. The second kappa shape index (κ2) is 7.60. The molecule has 24 heavy (non-hydrogen) atoms. The lowest BCUT2D eigenvalue weighted by atomic mass is 10.2. The Kier molecular flexibility index (Phi) is 5.07. The number of aromatic nitrogens is 4. The number of carbonyl (C=O) groups excluding carboxylic acids is 1. The van der Waals surface area contributed by atoms with Crippen molar-refractivity contribution >= 4 is 23.1 Å². The van der Waals surface area contributed by atoms with Gasteiger partial charge in [0.2, 0.25) is 0 Å². The molecule has 0 aliphatic heterocycles. The van der Waals surface area contributed by atoms with Crippen LogP contribution in [-0.2, 0) is 6.42 Å². The van der Waals surface area contributed by atoms with E-state index in [1.54, 1.807) is 23.7 Å². The average molecular weight is 340 g/mol. The number of rotatable bonds is 6. The Balaban J connectivity index is 1.46. The van der Waals surface area contributed by atoms with Crippen LogP contribution in [0, 0.1) is 0 Å². The molecule has 3 rings (SSSR count). The number of amides is 1. The standard InChI is InChI=1S/C16H16N6OS/c17-14-9-20-12(8-21-14)16(23)19-5-1-2-15-22-13(10-24-15)11-3-6-18-7-4-11/h3-4,6-10H,1-2,5H2,(H2,17,21)(H,19,23). The van der Waals surface area contributed by atoms with Crippen molar-refractivity contribution in [2.45, 2.75) is 12.8 Å². The molecule has 0 aromatic carbocycles. The van der Waals surface area contributed by atoms with Crippen LogP contribution in [0.25, 0.3) is 11.3 Å². The number of nitrogens with two attached hydrogens (primary N) is 1. The molecule has 0 unspecified atom stereocenters. The summed E-state index contributed by atoms with van der Waals surface area (Å²) in [6.45, 7) is 0.551. The molecule has 0 saturated carbocycles. The largest absolute Gasteiger partial charge is 0.382 e. The fourth-order valence-electron chi connectivity index (χ4n) is 2.07. The Bertz CT molecular complexity index is 803. The van der Waals surface area contributed by atoms with E-state index in [0.717, 1.165) is 29.1 Å². The van der Waals surface area contributed by atoms with Crippen LogP contribution >= 0.6 is 11.3 Å². The van der Waals surface area contributed by atoms with Crippen LogP contribution in [0.15, 0.2) is 42.3 Å². The van der Waals surface area contributed by atoms with E-state index < -0.39 is 0 Å². The van der Waals surface area contributed by atoms with Crippen molar-refractivity contribution in [2.24, 2.45) is 0 Å². The molecule has 8 heteroatoms. The first-order valence-electron chi connectivity index (χ1n) is 7.43. The molecule has 0 spiro atoms. The van der Waals surface area contributed by atoms with Gasteiger partial charge in [-0.3, -0.25) is 9.78 Å². The molecule has 0 aliphatic carbocycles. The number of pyridine rings is 1. The van der Waals surface area contributed by atoms with Gasteiger partial charge < -0.3 is 11.1 Å². The molecule has 0 fully saturated rings. The molecule has 122 valence electrons. The lowest BCUT2D eigenvalue weighted by molar-refractivity contribution is 0.0948. The summed E-state index contributed by atoms with van der Waals surface area (Å²) in [6.07, 6.45) is 7.85. The Morgan fingerprint density at radius 3 is 2.79 bits per heavy atom. The van der Waals surface area contributed by atoms with E-state index in [1.807, 2.05) is 17.5 Å². The van der Waals surface area contributed by atoms with Gasteiger partial charge in [0, 0.05) is 36.3 Å². The summed E-state index contributed by atoms with van der Waals surface area (Å²) in [5, 5.41) is 5.89. The third-order valence-corrected chi connectivity index (χ3v) is 4.19. The van der Waals surface area contributed by atoms with Crippen LogP contribution in [0.5, 0.6) is 0 Å². The lowest BCUT2D eigenvalue weighted by Gasteiger charge is -2.03. The molecule has 3 heterocycles. The minimum Gasteiger partial charge on any atom is -0.382 e. The van der Waals surface area contributed by atoms with Crippen molar-refractivity contribution in [3.63, 3.8) is 0 Å². The lowest BCUT2D eigenvalue weighted by Crippen LogP contribution is -2.25. The number of nitrogen functional groups attached to an aromatic ring is 1. The summed E-state index contributed by atoms with van der Waals surface area (Å²) in [6, 6.07) is 3.87. The highest BCUT2D eigenvalue weighted by Gasteiger charge is 2.08. The first-order chi connectivity index (χ1) is 11.7. The number of nitrogens with zero attached hydrogens (tertiary/aromatic N) is 4. The van der Waals surface area contributed by atoms with Gasteiger partial charge in [-0.05, 0) is 18.6 Å². The van der Waals surface area contributed by atoms with E-state index in [4.69, 9.17) is 5.73 Å². The fraction of sp³-hybridized carbons (Fsp3) is 0.188. The zero-order valence-corrected chi connectivity index (χ0v) is 13.7. The van der Waals surface area contributed by atoms with E-state index in [9.17, 15) is 4.79 Å². The predicted octanol–water partition coefficient (Wildman–Crippen LogP) is 1.94. The quantitative estimate of drug-likeness (QED) is 0.664. The Morgan fingerprint density at radius 1 is 1.21 bits per heavy atom. The van der Waals surface area contributed by atoms with Crippen molar-refractivity contribution in [1.29, 1.82) is 0 Å². The van der Waals surface area contributed by atoms with Gasteiger partial charge in [0.25, 0.3) is 5.91 Å². The Labute approximate surface area is 143 Å².